The predicted molar refractivity (Wildman–Crippen MR) is 71.1 cm³/mol. The van der Waals surface area contributed by atoms with Crippen molar-refractivity contribution >= 4 is 5.91 Å². The Morgan fingerprint density at radius 2 is 1.53 bits per heavy atom. The highest BCUT2D eigenvalue weighted by molar-refractivity contribution is 5.99. The van der Waals surface area contributed by atoms with Gasteiger partial charge in [0, 0.05) is 13.1 Å². The van der Waals surface area contributed by atoms with Crippen molar-refractivity contribution in [1.82, 2.24) is 4.90 Å². The molecule has 0 atom stereocenters. The van der Waals surface area contributed by atoms with E-state index in [0.29, 0.717) is 11.8 Å². The van der Waals surface area contributed by atoms with E-state index < -0.39 is 0 Å². The molecule has 0 saturated heterocycles. The van der Waals surface area contributed by atoms with Crippen molar-refractivity contribution in [3.05, 3.63) is 23.8 Å². The first-order valence-corrected chi connectivity index (χ1v) is 6.95. The molecule has 1 aromatic rings. The number of rotatable bonds is 5. The molecule has 2 aliphatic carbocycles. The fourth-order valence-corrected chi connectivity index (χ4v) is 2.37. The van der Waals surface area contributed by atoms with Crippen LogP contribution < -0.4 is 0 Å². The van der Waals surface area contributed by atoms with Crippen LogP contribution in [0.3, 0.4) is 0 Å². The summed E-state index contributed by atoms with van der Waals surface area (Å²) in [4.78, 5) is 14.3. The van der Waals surface area contributed by atoms with Crippen LogP contribution in [0.15, 0.2) is 18.2 Å². The van der Waals surface area contributed by atoms with Gasteiger partial charge in [0.25, 0.3) is 5.91 Å². The number of carbonyl (C=O) groups is 1. The minimum Gasteiger partial charge on any atom is -0.507 e. The van der Waals surface area contributed by atoms with Gasteiger partial charge in [0.15, 0.2) is 0 Å². The molecule has 19 heavy (non-hydrogen) atoms. The number of phenols is 2. The zero-order valence-corrected chi connectivity index (χ0v) is 10.9. The number of hydrogen-bond donors (Lipinski definition) is 2. The summed E-state index contributed by atoms with van der Waals surface area (Å²) in [6.07, 6.45) is 4.73. The lowest BCUT2D eigenvalue weighted by Gasteiger charge is -2.23. The zero-order chi connectivity index (χ0) is 13.4. The molecule has 2 saturated carbocycles. The fourth-order valence-electron chi connectivity index (χ4n) is 2.37. The number of amides is 1. The third-order valence-electron chi connectivity index (χ3n) is 3.87. The summed E-state index contributed by atoms with van der Waals surface area (Å²) >= 11 is 0. The lowest BCUT2D eigenvalue weighted by atomic mass is 10.1. The molecule has 2 fully saturated rings. The molecule has 0 spiro atoms. The Balaban J connectivity index is 1.81. The average molecular weight is 261 g/mol. The average Bonchev–Trinajstić information content (AvgIpc) is 3.22. The molecule has 102 valence electrons. The molecular formula is C15H19NO3. The van der Waals surface area contributed by atoms with E-state index in [4.69, 9.17) is 0 Å². The quantitative estimate of drug-likeness (QED) is 0.855. The number of benzene rings is 1. The van der Waals surface area contributed by atoms with Crippen LogP contribution in [-0.2, 0) is 0 Å². The molecule has 1 aromatic carbocycles. The molecule has 1 amide bonds. The standard InChI is InChI=1S/C15H19NO3/c17-12-2-1-3-13(18)14(12)15(19)16(8-10-4-5-10)9-11-6-7-11/h1-3,10-11,17-18H,4-9H2. The van der Waals surface area contributed by atoms with Crippen LogP contribution in [0, 0.1) is 11.8 Å². The van der Waals surface area contributed by atoms with Gasteiger partial charge in [-0.2, -0.15) is 0 Å². The first-order chi connectivity index (χ1) is 9.15. The summed E-state index contributed by atoms with van der Waals surface area (Å²) in [6.45, 7) is 1.51. The highest BCUT2D eigenvalue weighted by Crippen LogP contribution is 2.36. The smallest absolute Gasteiger partial charge is 0.261 e. The number of aromatic hydroxyl groups is 2. The van der Waals surface area contributed by atoms with Crippen molar-refractivity contribution in [1.29, 1.82) is 0 Å². The van der Waals surface area contributed by atoms with Crippen molar-refractivity contribution in [2.45, 2.75) is 25.7 Å². The van der Waals surface area contributed by atoms with E-state index in [2.05, 4.69) is 0 Å². The van der Waals surface area contributed by atoms with Gasteiger partial charge in [-0.25, -0.2) is 0 Å². The Morgan fingerprint density at radius 1 is 1.05 bits per heavy atom. The lowest BCUT2D eigenvalue weighted by molar-refractivity contribution is 0.0733. The van der Waals surface area contributed by atoms with Gasteiger partial charge in [-0.3, -0.25) is 4.79 Å². The molecule has 0 bridgehead atoms. The van der Waals surface area contributed by atoms with Crippen molar-refractivity contribution in [2.75, 3.05) is 13.1 Å². The maximum Gasteiger partial charge on any atom is 0.261 e. The van der Waals surface area contributed by atoms with Gasteiger partial charge in [0.1, 0.15) is 17.1 Å². The van der Waals surface area contributed by atoms with Crippen LogP contribution in [0.4, 0.5) is 0 Å². The maximum atomic E-state index is 12.5. The van der Waals surface area contributed by atoms with E-state index in [9.17, 15) is 15.0 Å². The number of hydrogen-bond acceptors (Lipinski definition) is 3. The lowest BCUT2D eigenvalue weighted by Crippen LogP contribution is -2.34. The molecule has 0 aliphatic heterocycles. The fraction of sp³-hybridized carbons (Fsp3) is 0.533. The SMILES string of the molecule is O=C(c1c(O)cccc1O)N(CC1CC1)CC1CC1. The van der Waals surface area contributed by atoms with Crippen LogP contribution in [-0.4, -0.2) is 34.1 Å². The zero-order valence-electron chi connectivity index (χ0n) is 10.9. The summed E-state index contributed by atoms with van der Waals surface area (Å²) in [6, 6.07) is 4.42. The van der Waals surface area contributed by atoms with Gasteiger partial charge in [-0.15, -0.1) is 0 Å². The van der Waals surface area contributed by atoms with Gasteiger partial charge < -0.3 is 15.1 Å². The topological polar surface area (TPSA) is 60.8 Å². The molecule has 2 N–H and O–H groups in total. The molecule has 0 radical (unpaired) electrons. The molecule has 4 nitrogen and oxygen atoms in total. The first kappa shape index (κ1) is 12.3. The summed E-state index contributed by atoms with van der Waals surface area (Å²) in [5.74, 6) is 0.698. The normalized spacial score (nSPS) is 18.3. The van der Waals surface area contributed by atoms with Crippen LogP contribution in [0.25, 0.3) is 0 Å². The second-order valence-electron chi connectivity index (χ2n) is 5.77. The predicted octanol–water partition coefficient (Wildman–Crippen LogP) is 2.36. The molecule has 0 unspecified atom stereocenters. The second-order valence-corrected chi connectivity index (χ2v) is 5.77. The highest BCUT2D eigenvalue weighted by Gasteiger charge is 2.33. The summed E-state index contributed by atoms with van der Waals surface area (Å²) in [5, 5.41) is 19.6. The van der Waals surface area contributed by atoms with E-state index in [1.54, 1.807) is 0 Å². The molecular weight excluding hydrogens is 242 g/mol. The van der Waals surface area contributed by atoms with Gasteiger partial charge in [-0.1, -0.05) is 6.07 Å². The van der Waals surface area contributed by atoms with Gasteiger partial charge in [0.2, 0.25) is 0 Å². The highest BCUT2D eigenvalue weighted by atomic mass is 16.3. The third-order valence-corrected chi connectivity index (χ3v) is 3.87. The van der Waals surface area contributed by atoms with Crippen molar-refractivity contribution in [3.8, 4) is 11.5 Å². The Bertz CT molecular complexity index is 458. The van der Waals surface area contributed by atoms with Crippen molar-refractivity contribution in [2.24, 2.45) is 11.8 Å². The third kappa shape index (κ3) is 2.83. The Kier molecular flexibility index (Phi) is 3.09. The van der Waals surface area contributed by atoms with E-state index in [-0.39, 0.29) is 23.0 Å². The minimum absolute atomic E-state index is 0.0452. The largest absolute Gasteiger partial charge is 0.507 e. The molecule has 0 heterocycles. The minimum atomic E-state index is -0.241. The van der Waals surface area contributed by atoms with Crippen LogP contribution in [0.1, 0.15) is 36.0 Å². The monoisotopic (exact) mass is 261 g/mol. The molecule has 3 rings (SSSR count). The van der Waals surface area contributed by atoms with Crippen LogP contribution in [0.5, 0.6) is 11.5 Å². The number of nitrogens with zero attached hydrogens (tertiary/aromatic N) is 1. The summed E-state index contributed by atoms with van der Waals surface area (Å²) in [7, 11) is 0. The van der Waals surface area contributed by atoms with Crippen LogP contribution in [0.2, 0.25) is 0 Å². The summed E-state index contributed by atoms with van der Waals surface area (Å²) < 4.78 is 0. The van der Waals surface area contributed by atoms with Crippen molar-refractivity contribution < 1.29 is 15.0 Å². The Hall–Kier alpha value is -1.71. The number of carbonyl (C=O) groups excluding carboxylic acids is 1. The van der Waals surface area contributed by atoms with E-state index in [0.717, 1.165) is 13.1 Å². The maximum absolute atomic E-state index is 12.5. The van der Waals surface area contributed by atoms with Gasteiger partial charge in [0.05, 0.1) is 0 Å². The van der Waals surface area contributed by atoms with Crippen LogP contribution >= 0.6 is 0 Å². The van der Waals surface area contributed by atoms with Gasteiger partial charge >= 0.3 is 0 Å². The summed E-state index contributed by atoms with van der Waals surface area (Å²) in [5.41, 5.74) is 0.0452. The molecule has 0 aromatic heterocycles. The first-order valence-electron chi connectivity index (χ1n) is 6.95. The van der Waals surface area contributed by atoms with Crippen molar-refractivity contribution in [3.63, 3.8) is 0 Å². The number of phenolic OH excluding ortho intramolecular Hbond substituents is 2. The second kappa shape index (κ2) is 4.76. The Morgan fingerprint density at radius 3 is 1.95 bits per heavy atom. The Labute approximate surface area is 112 Å². The molecule has 2 aliphatic rings. The van der Waals surface area contributed by atoms with E-state index in [1.807, 2.05) is 4.90 Å². The van der Waals surface area contributed by atoms with E-state index >= 15 is 0 Å². The van der Waals surface area contributed by atoms with Gasteiger partial charge in [-0.05, 0) is 49.7 Å². The molecule has 4 heteroatoms. The van der Waals surface area contributed by atoms with E-state index in [1.165, 1.54) is 43.9 Å².